The minimum Gasteiger partial charge on any atom is -0.465 e. The molecule has 0 saturated heterocycles. The average Bonchev–Trinajstić information content (AvgIpc) is 2.55. The molecule has 1 heterocycles. The molecule has 1 amide bonds. The van der Waals surface area contributed by atoms with E-state index in [4.69, 9.17) is 11.6 Å². The Balaban J connectivity index is 2.19. The molecular formula is C15H10ClF3N2O3. The zero-order valence-corrected chi connectivity index (χ0v) is 12.9. The van der Waals surface area contributed by atoms with Crippen molar-refractivity contribution in [1.29, 1.82) is 0 Å². The molecule has 0 aliphatic rings. The first-order chi connectivity index (χ1) is 11.2. The molecule has 9 heteroatoms. The number of carbonyl (C=O) groups excluding carboxylic acids is 2. The van der Waals surface area contributed by atoms with Gasteiger partial charge in [-0.2, -0.15) is 13.2 Å². The Morgan fingerprint density at radius 3 is 2.46 bits per heavy atom. The lowest BCUT2D eigenvalue weighted by atomic mass is 10.2. The molecule has 0 spiro atoms. The number of pyridine rings is 1. The van der Waals surface area contributed by atoms with E-state index >= 15 is 0 Å². The summed E-state index contributed by atoms with van der Waals surface area (Å²) in [4.78, 5) is 27.0. The predicted molar refractivity (Wildman–Crippen MR) is 80.0 cm³/mol. The van der Waals surface area contributed by atoms with Gasteiger partial charge in [0.2, 0.25) is 0 Å². The van der Waals surface area contributed by atoms with Crippen molar-refractivity contribution in [3.05, 3.63) is 58.4 Å². The second-order valence-electron chi connectivity index (χ2n) is 4.57. The van der Waals surface area contributed by atoms with Gasteiger partial charge in [-0.3, -0.25) is 9.78 Å². The molecular weight excluding hydrogens is 349 g/mol. The molecule has 0 fully saturated rings. The Morgan fingerprint density at radius 1 is 1.21 bits per heavy atom. The molecule has 126 valence electrons. The highest BCUT2D eigenvalue weighted by molar-refractivity contribution is 6.31. The highest BCUT2D eigenvalue weighted by atomic mass is 35.5. The summed E-state index contributed by atoms with van der Waals surface area (Å²) < 4.78 is 42.9. The lowest BCUT2D eigenvalue weighted by Crippen LogP contribution is -2.15. The van der Waals surface area contributed by atoms with Gasteiger partial charge < -0.3 is 10.1 Å². The van der Waals surface area contributed by atoms with E-state index < -0.39 is 28.6 Å². The summed E-state index contributed by atoms with van der Waals surface area (Å²) >= 11 is 5.51. The van der Waals surface area contributed by atoms with Crippen molar-refractivity contribution < 1.29 is 27.5 Å². The molecule has 0 aliphatic carbocycles. The average molecular weight is 359 g/mol. The third-order valence-electron chi connectivity index (χ3n) is 2.95. The molecule has 24 heavy (non-hydrogen) atoms. The van der Waals surface area contributed by atoms with E-state index in [2.05, 4.69) is 15.0 Å². The Hall–Kier alpha value is -2.61. The Bertz CT molecular complexity index is 777. The minimum absolute atomic E-state index is 0.0776. The van der Waals surface area contributed by atoms with Gasteiger partial charge in [0.1, 0.15) is 5.69 Å². The molecule has 2 rings (SSSR count). The maximum Gasteiger partial charge on any atom is 0.417 e. The maximum absolute atomic E-state index is 12.8. The smallest absolute Gasteiger partial charge is 0.417 e. The van der Waals surface area contributed by atoms with E-state index in [-0.39, 0.29) is 16.9 Å². The standard InChI is InChI=1S/C15H10ClF3N2O3/c1-24-14(23)8-2-5-12(20-7-8)13(22)21-9-3-4-11(16)10(6-9)15(17,18)19/h2-7H,1H3,(H,21,22). The van der Waals surface area contributed by atoms with E-state index in [0.717, 1.165) is 18.3 Å². The molecule has 2 aromatic rings. The topological polar surface area (TPSA) is 68.3 Å². The van der Waals surface area contributed by atoms with Crippen LogP contribution in [0.2, 0.25) is 5.02 Å². The van der Waals surface area contributed by atoms with Crippen LogP contribution in [0.5, 0.6) is 0 Å². The largest absolute Gasteiger partial charge is 0.465 e. The number of ether oxygens (including phenoxy) is 1. The first-order valence-electron chi connectivity index (χ1n) is 6.45. The third-order valence-corrected chi connectivity index (χ3v) is 3.28. The molecule has 0 atom stereocenters. The molecule has 0 aliphatic heterocycles. The van der Waals surface area contributed by atoms with E-state index in [0.29, 0.717) is 0 Å². The number of anilines is 1. The van der Waals surface area contributed by atoms with E-state index in [9.17, 15) is 22.8 Å². The number of halogens is 4. The maximum atomic E-state index is 12.8. The Morgan fingerprint density at radius 2 is 1.92 bits per heavy atom. The van der Waals surface area contributed by atoms with Crippen molar-refractivity contribution in [1.82, 2.24) is 4.98 Å². The van der Waals surface area contributed by atoms with Gasteiger partial charge >= 0.3 is 12.1 Å². The van der Waals surface area contributed by atoms with Gasteiger partial charge in [0.25, 0.3) is 5.91 Å². The SMILES string of the molecule is COC(=O)c1ccc(C(=O)Nc2ccc(Cl)c(C(F)(F)F)c2)nc1. The zero-order chi connectivity index (χ0) is 17.9. The van der Waals surface area contributed by atoms with Gasteiger partial charge in [-0.1, -0.05) is 11.6 Å². The zero-order valence-electron chi connectivity index (χ0n) is 12.1. The van der Waals surface area contributed by atoms with E-state index in [1.807, 2.05) is 0 Å². The van der Waals surface area contributed by atoms with Gasteiger partial charge in [0, 0.05) is 11.9 Å². The number of rotatable bonds is 3. The molecule has 0 radical (unpaired) electrons. The Labute approximate surface area is 139 Å². The van der Waals surface area contributed by atoms with Crippen LogP contribution >= 0.6 is 11.6 Å². The summed E-state index contributed by atoms with van der Waals surface area (Å²) in [5.41, 5.74) is -1.09. The fraction of sp³-hybridized carbons (Fsp3) is 0.133. The van der Waals surface area contributed by atoms with Crippen LogP contribution in [0.25, 0.3) is 0 Å². The fourth-order valence-electron chi connectivity index (χ4n) is 1.78. The molecule has 1 aromatic heterocycles. The van der Waals surface area contributed by atoms with Crippen molar-refractivity contribution in [3.63, 3.8) is 0 Å². The van der Waals surface area contributed by atoms with Gasteiger partial charge in [0.05, 0.1) is 23.3 Å². The van der Waals surface area contributed by atoms with Gasteiger partial charge in [-0.25, -0.2) is 4.79 Å². The predicted octanol–water partition coefficient (Wildman–Crippen LogP) is 3.79. The summed E-state index contributed by atoms with van der Waals surface area (Å²) in [6, 6.07) is 5.56. The summed E-state index contributed by atoms with van der Waals surface area (Å²) in [6.45, 7) is 0. The number of methoxy groups -OCH3 is 1. The molecule has 0 unspecified atom stereocenters. The first kappa shape index (κ1) is 17.7. The number of hydrogen-bond donors (Lipinski definition) is 1. The van der Waals surface area contributed by atoms with Crippen molar-refractivity contribution in [2.45, 2.75) is 6.18 Å². The van der Waals surface area contributed by atoms with E-state index in [1.54, 1.807) is 0 Å². The molecule has 1 N–H and O–H groups in total. The number of hydrogen-bond acceptors (Lipinski definition) is 4. The lowest BCUT2D eigenvalue weighted by Gasteiger charge is -2.11. The number of nitrogens with zero attached hydrogens (tertiary/aromatic N) is 1. The fourth-order valence-corrected chi connectivity index (χ4v) is 2.01. The minimum atomic E-state index is -4.64. The number of alkyl halides is 3. The van der Waals surface area contributed by atoms with Crippen LogP contribution < -0.4 is 5.32 Å². The van der Waals surface area contributed by atoms with Crippen molar-refractivity contribution in [2.24, 2.45) is 0 Å². The highest BCUT2D eigenvalue weighted by Gasteiger charge is 2.33. The van der Waals surface area contributed by atoms with Crippen LogP contribution in [-0.4, -0.2) is 24.0 Å². The quantitative estimate of drug-likeness (QED) is 0.847. The highest BCUT2D eigenvalue weighted by Crippen LogP contribution is 2.36. The van der Waals surface area contributed by atoms with Crippen LogP contribution in [0.3, 0.4) is 0 Å². The second kappa shape index (κ2) is 6.88. The summed E-state index contributed by atoms with van der Waals surface area (Å²) in [7, 11) is 1.20. The lowest BCUT2D eigenvalue weighted by molar-refractivity contribution is -0.137. The summed E-state index contributed by atoms with van der Waals surface area (Å²) in [5.74, 6) is -1.36. The number of nitrogens with one attached hydrogen (secondary N) is 1. The number of carbonyl (C=O) groups is 2. The van der Waals surface area contributed by atoms with Crippen LogP contribution in [-0.2, 0) is 10.9 Å². The third kappa shape index (κ3) is 4.02. The van der Waals surface area contributed by atoms with Gasteiger partial charge in [-0.15, -0.1) is 0 Å². The van der Waals surface area contributed by atoms with Crippen LogP contribution in [0, 0.1) is 0 Å². The van der Waals surface area contributed by atoms with Crippen LogP contribution in [0.1, 0.15) is 26.4 Å². The van der Waals surface area contributed by atoms with Crippen molar-refractivity contribution >= 4 is 29.2 Å². The molecule has 0 saturated carbocycles. The normalized spacial score (nSPS) is 11.0. The number of esters is 1. The number of amides is 1. The van der Waals surface area contributed by atoms with Crippen LogP contribution in [0.15, 0.2) is 36.5 Å². The molecule has 1 aromatic carbocycles. The first-order valence-corrected chi connectivity index (χ1v) is 6.82. The second-order valence-corrected chi connectivity index (χ2v) is 4.98. The monoisotopic (exact) mass is 358 g/mol. The van der Waals surface area contributed by atoms with Gasteiger partial charge in [-0.05, 0) is 30.3 Å². The molecule has 5 nitrogen and oxygen atoms in total. The van der Waals surface area contributed by atoms with Gasteiger partial charge in [0.15, 0.2) is 0 Å². The number of aromatic nitrogens is 1. The van der Waals surface area contributed by atoms with Crippen LogP contribution in [0.4, 0.5) is 18.9 Å². The summed E-state index contributed by atoms with van der Waals surface area (Å²) in [5, 5.41) is 1.81. The number of benzene rings is 1. The summed E-state index contributed by atoms with van der Waals surface area (Å²) in [6.07, 6.45) is -3.51. The van der Waals surface area contributed by atoms with E-state index in [1.165, 1.54) is 25.3 Å². The molecule has 0 bridgehead atoms. The van der Waals surface area contributed by atoms with Crippen molar-refractivity contribution in [3.8, 4) is 0 Å². The Kier molecular flexibility index (Phi) is 5.08. The van der Waals surface area contributed by atoms with Crippen molar-refractivity contribution in [2.75, 3.05) is 12.4 Å².